The summed E-state index contributed by atoms with van der Waals surface area (Å²) in [6.07, 6.45) is 0. The Labute approximate surface area is 395 Å². The first-order chi connectivity index (χ1) is 33.2. The number of fused-ring (bicyclic) bond motifs is 7. The van der Waals surface area contributed by atoms with Crippen molar-refractivity contribution in [2.45, 2.75) is 5.41 Å². The number of anilines is 3. The number of rotatable bonds is 8. The van der Waals surface area contributed by atoms with E-state index in [-0.39, 0.29) is 0 Å². The third kappa shape index (κ3) is 6.37. The molecule has 1 aromatic heterocycles. The maximum Gasteiger partial charge on any atom is 0.0714 e. The van der Waals surface area contributed by atoms with E-state index >= 15 is 0 Å². The van der Waals surface area contributed by atoms with E-state index in [1.165, 1.54) is 86.6 Å². The average molecular weight is 870 g/mol. The van der Waals surface area contributed by atoms with E-state index in [1.807, 2.05) is 11.3 Å². The Morgan fingerprint density at radius 3 is 1.67 bits per heavy atom. The van der Waals surface area contributed by atoms with Gasteiger partial charge in [-0.3, -0.25) is 0 Å². The van der Waals surface area contributed by atoms with E-state index in [2.05, 4.69) is 266 Å². The molecule has 1 nitrogen and oxygen atoms in total. The summed E-state index contributed by atoms with van der Waals surface area (Å²) in [6, 6.07) is 96.5. The van der Waals surface area contributed by atoms with E-state index < -0.39 is 5.41 Å². The minimum absolute atomic E-state index is 0.531. The van der Waals surface area contributed by atoms with Crippen molar-refractivity contribution in [1.29, 1.82) is 0 Å². The van der Waals surface area contributed by atoms with Gasteiger partial charge in [-0.15, -0.1) is 11.3 Å². The Kier molecular flexibility index (Phi) is 9.33. The molecule has 0 N–H and O–H groups in total. The maximum atomic E-state index is 2.48. The van der Waals surface area contributed by atoms with Gasteiger partial charge in [-0.2, -0.15) is 0 Å². The number of hydrogen-bond donors (Lipinski definition) is 0. The van der Waals surface area contributed by atoms with Crippen molar-refractivity contribution < 1.29 is 0 Å². The molecule has 0 saturated carbocycles. The van der Waals surface area contributed by atoms with Crippen LogP contribution in [-0.2, 0) is 5.41 Å². The lowest BCUT2D eigenvalue weighted by atomic mass is 9.67. The second kappa shape index (κ2) is 16.0. The minimum atomic E-state index is -0.531. The molecule has 11 aromatic carbocycles. The maximum absolute atomic E-state index is 2.48. The Morgan fingerprint density at radius 2 is 0.866 bits per heavy atom. The van der Waals surface area contributed by atoms with Crippen LogP contribution in [0.2, 0.25) is 0 Å². The topological polar surface area (TPSA) is 3.24 Å². The monoisotopic (exact) mass is 869 g/mol. The highest BCUT2D eigenvalue weighted by Gasteiger charge is 2.46. The molecule has 0 fully saturated rings. The third-order valence-electron chi connectivity index (χ3n) is 14.0. The molecule has 0 bridgehead atoms. The smallest absolute Gasteiger partial charge is 0.0714 e. The molecule has 0 atom stereocenters. The SMILES string of the molecule is c1ccc(C2(c3ccccc3)c3ccccc3-c3ccc(N(c4ccc(-c5ccc6sc7ccccc7c6c5)cc4)c4ccccc4-c4cccc(-c5cccc6ccccc56)c4)cc32)cc1. The molecule has 0 aliphatic heterocycles. The van der Waals surface area contributed by atoms with Crippen LogP contribution in [0.25, 0.3) is 75.5 Å². The molecule has 1 heterocycles. The molecule has 2 heteroatoms. The summed E-state index contributed by atoms with van der Waals surface area (Å²) in [7, 11) is 0. The van der Waals surface area contributed by atoms with Gasteiger partial charge >= 0.3 is 0 Å². The number of para-hydroxylation sites is 1. The molecule has 13 rings (SSSR count). The lowest BCUT2D eigenvalue weighted by molar-refractivity contribution is 0.768. The summed E-state index contributed by atoms with van der Waals surface area (Å²) in [6.45, 7) is 0. The Morgan fingerprint density at radius 1 is 0.299 bits per heavy atom. The zero-order valence-corrected chi connectivity index (χ0v) is 37.5. The van der Waals surface area contributed by atoms with Crippen LogP contribution in [0.3, 0.4) is 0 Å². The number of hydrogen-bond acceptors (Lipinski definition) is 2. The zero-order valence-electron chi connectivity index (χ0n) is 36.7. The second-order valence-corrected chi connectivity index (χ2v) is 18.7. The highest BCUT2D eigenvalue weighted by atomic mass is 32.1. The van der Waals surface area contributed by atoms with E-state index in [0.717, 1.165) is 28.2 Å². The predicted octanol–water partition coefficient (Wildman–Crippen LogP) is 18.0. The molecule has 0 amide bonds. The van der Waals surface area contributed by atoms with Gasteiger partial charge in [0, 0.05) is 37.1 Å². The van der Waals surface area contributed by atoms with Crippen LogP contribution in [0.15, 0.2) is 261 Å². The molecular weight excluding hydrogens is 827 g/mol. The van der Waals surface area contributed by atoms with Gasteiger partial charge in [0.1, 0.15) is 0 Å². The van der Waals surface area contributed by atoms with Crippen LogP contribution in [0.1, 0.15) is 22.3 Å². The number of thiophene rings is 1. The van der Waals surface area contributed by atoms with Crippen LogP contribution >= 0.6 is 11.3 Å². The summed E-state index contributed by atoms with van der Waals surface area (Å²) >= 11 is 1.86. The third-order valence-corrected chi connectivity index (χ3v) is 15.1. The van der Waals surface area contributed by atoms with Gasteiger partial charge < -0.3 is 4.90 Å². The molecule has 1 aliphatic carbocycles. The Balaban J connectivity index is 1.02. The Hall–Kier alpha value is -8.30. The van der Waals surface area contributed by atoms with Crippen LogP contribution in [0, 0.1) is 0 Å². The first-order valence-corrected chi connectivity index (χ1v) is 23.9. The van der Waals surface area contributed by atoms with Gasteiger partial charge in [0.25, 0.3) is 0 Å². The summed E-state index contributed by atoms with van der Waals surface area (Å²) < 4.78 is 2.64. The van der Waals surface area contributed by atoms with Gasteiger partial charge in [0.2, 0.25) is 0 Å². The fraction of sp³-hybridized carbons (Fsp3) is 0.0154. The standard InChI is InChI=1S/C65H43NS/c1-3-21-49(22-4-1)65(50-23-5-2-6-24-50)60-30-12-9-27-56(60)57-39-38-52(43-61(57)65)66(51-36-33-44(34-37-51)46-35-40-64-59(42-46)58-28-11-14-32-63(58)67-64)62-31-13-10-26-55(62)48-20-15-19-47(41-48)54-29-16-18-45-17-7-8-25-53(45)54/h1-43H. The fourth-order valence-corrected chi connectivity index (χ4v) is 12.0. The highest BCUT2D eigenvalue weighted by Crippen LogP contribution is 2.57. The highest BCUT2D eigenvalue weighted by molar-refractivity contribution is 7.25. The molecule has 0 unspecified atom stereocenters. The average Bonchev–Trinajstić information content (AvgIpc) is 3.93. The van der Waals surface area contributed by atoms with Crippen molar-refractivity contribution in [3.05, 3.63) is 283 Å². The molecule has 12 aromatic rings. The Bertz CT molecular complexity index is 3760. The first kappa shape index (κ1) is 39.1. The number of nitrogens with zero attached hydrogens (tertiary/aromatic N) is 1. The van der Waals surface area contributed by atoms with Gasteiger partial charge in [-0.25, -0.2) is 0 Å². The predicted molar refractivity (Wildman–Crippen MR) is 285 cm³/mol. The second-order valence-electron chi connectivity index (χ2n) is 17.6. The van der Waals surface area contributed by atoms with Crippen LogP contribution < -0.4 is 4.90 Å². The summed E-state index contributed by atoms with van der Waals surface area (Å²) in [5.74, 6) is 0. The molecule has 67 heavy (non-hydrogen) atoms. The van der Waals surface area contributed by atoms with E-state index in [1.54, 1.807) is 0 Å². The molecule has 0 radical (unpaired) electrons. The van der Waals surface area contributed by atoms with E-state index in [4.69, 9.17) is 0 Å². The minimum Gasteiger partial charge on any atom is -0.310 e. The van der Waals surface area contributed by atoms with Crippen molar-refractivity contribution >= 4 is 59.3 Å². The molecule has 0 saturated heterocycles. The van der Waals surface area contributed by atoms with E-state index in [0.29, 0.717) is 0 Å². The fourth-order valence-electron chi connectivity index (χ4n) is 11.0. The van der Waals surface area contributed by atoms with Crippen LogP contribution in [0.4, 0.5) is 17.1 Å². The zero-order chi connectivity index (χ0) is 44.3. The van der Waals surface area contributed by atoms with Crippen molar-refractivity contribution in [3.8, 4) is 44.5 Å². The lowest BCUT2D eigenvalue weighted by Gasteiger charge is -2.35. The van der Waals surface area contributed by atoms with Crippen molar-refractivity contribution in [3.63, 3.8) is 0 Å². The molecular formula is C65H43NS. The quantitative estimate of drug-likeness (QED) is 0.147. The summed E-state index contributed by atoms with van der Waals surface area (Å²) in [5, 5.41) is 5.12. The van der Waals surface area contributed by atoms with Crippen molar-refractivity contribution in [1.82, 2.24) is 0 Å². The molecule has 0 spiro atoms. The number of benzene rings is 11. The largest absolute Gasteiger partial charge is 0.310 e. The molecule has 314 valence electrons. The van der Waals surface area contributed by atoms with Gasteiger partial charge in [0.15, 0.2) is 0 Å². The van der Waals surface area contributed by atoms with Gasteiger partial charge in [-0.05, 0) is 127 Å². The normalized spacial score (nSPS) is 12.6. The summed E-state index contributed by atoms with van der Waals surface area (Å²) in [5.41, 5.74) is 17.5. The van der Waals surface area contributed by atoms with Gasteiger partial charge in [0.05, 0.1) is 11.1 Å². The van der Waals surface area contributed by atoms with Crippen LogP contribution in [-0.4, -0.2) is 0 Å². The van der Waals surface area contributed by atoms with E-state index in [9.17, 15) is 0 Å². The summed E-state index contributed by atoms with van der Waals surface area (Å²) in [4.78, 5) is 2.48. The van der Waals surface area contributed by atoms with Crippen molar-refractivity contribution in [2.75, 3.05) is 4.90 Å². The van der Waals surface area contributed by atoms with Crippen LogP contribution in [0.5, 0.6) is 0 Å². The first-order valence-electron chi connectivity index (χ1n) is 23.1. The van der Waals surface area contributed by atoms with Crippen molar-refractivity contribution in [2.24, 2.45) is 0 Å². The van der Waals surface area contributed by atoms with Gasteiger partial charge in [-0.1, -0.05) is 206 Å². The lowest BCUT2D eigenvalue weighted by Crippen LogP contribution is -2.28. The molecule has 1 aliphatic rings.